The zero-order valence-electron chi connectivity index (χ0n) is 13.3. The van der Waals surface area contributed by atoms with Gasteiger partial charge in [0, 0.05) is 11.4 Å². The van der Waals surface area contributed by atoms with E-state index in [-0.39, 0.29) is 0 Å². The van der Waals surface area contributed by atoms with Gasteiger partial charge in [-0.05, 0) is 47.5 Å². The number of benzene rings is 3. The van der Waals surface area contributed by atoms with Crippen molar-refractivity contribution >= 4 is 23.5 Å². The molecule has 0 heterocycles. The van der Waals surface area contributed by atoms with Gasteiger partial charge in [0.1, 0.15) is 0 Å². The van der Waals surface area contributed by atoms with Gasteiger partial charge in [0.25, 0.3) is 0 Å². The van der Waals surface area contributed by atoms with Crippen LogP contribution in [0.2, 0.25) is 0 Å². The lowest BCUT2D eigenvalue weighted by atomic mass is 10.1. The Morgan fingerprint density at radius 3 is 1.60 bits per heavy atom. The molecule has 0 radical (unpaired) electrons. The molecule has 0 atom stereocenters. The van der Waals surface area contributed by atoms with Crippen molar-refractivity contribution in [1.29, 1.82) is 0 Å². The van der Waals surface area contributed by atoms with E-state index in [1.807, 2.05) is 60.7 Å². The number of anilines is 2. The molecule has 0 amide bonds. The summed E-state index contributed by atoms with van der Waals surface area (Å²) in [4.78, 5) is 0. The summed E-state index contributed by atoms with van der Waals surface area (Å²) in [5, 5.41) is 3.29. The highest BCUT2D eigenvalue weighted by Crippen LogP contribution is 2.29. The normalized spacial score (nSPS) is 11.6. The minimum absolute atomic E-state index is 0.638. The first kappa shape index (κ1) is 16.8. The molecule has 0 aliphatic carbocycles. The van der Waals surface area contributed by atoms with Crippen LogP contribution in [0.1, 0.15) is 16.7 Å². The molecule has 3 aromatic carbocycles. The number of para-hydroxylation sites is 1. The van der Waals surface area contributed by atoms with Gasteiger partial charge in [-0.2, -0.15) is 13.2 Å². The molecule has 0 fully saturated rings. The Bertz CT molecular complexity index is 833. The van der Waals surface area contributed by atoms with Gasteiger partial charge in [-0.1, -0.05) is 54.6 Å². The van der Waals surface area contributed by atoms with Gasteiger partial charge in [0.05, 0.1) is 5.56 Å². The van der Waals surface area contributed by atoms with Crippen LogP contribution in [0.5, 0.6) is 0 Å². The van der Waals surface area contributed by atoms with E-state index in [2.05, 4.69) is 5.32 Å². The standard InChI is InChI=1S/C21H16F3N/c22-21(23,24)18-12-8-16(9-13-18)6-7-17-10-14-20(15-11-17)25-19-4-2-1-3-5-19/h1-15,25H. The summed E-state index contributed by atoms with van der Waals surface area (Å²) in [5.74, 6) is 0. The lowest BCUT2D eigenvalue weighted by Gasteiger charge is -2.06. The van der Waals surface area contributed by atoms with Crippen molar-refractivity contribution < 1.29 is 13.2 Å². The van der Waals surface area contributed by atoms with E-state index in [1.54, 1.807) is 6.08 Å². The molecule has 3 rings (SSSR count). The lowest BCUT2D eigenvalue weighted by molar-refractivity contribution is -0.137. The van der Waals surface area contributed by atoms with Gasteiger partial charge < -0.3 is 5.32 Å². The van der Waals surface area contributed by atoms with E-state index in [9.17, 15) is 13.2 Å². The van der Waals surface area contributed by atoms with Gasteiger partial charge in [-0.25, -0.2) is 0 Å². The summed E-state index contributed by atoms with van der Waals surface area (Å²) in [6.45, 7) is 0. The summed E-state index contributed by atoms with van der Waals surface area (Å²) in [6.07, 6.45) is -0.640. The summed E-state index contributed by atoms with van der Waals surface area (Å²) in [7, 11) is 0. The summed E-state index contributed by atoms with van der Waals surface area (Å²) >= 11 is 0. The van der Waals surface area contributed by atoms with Gasteiger partial charge >= 0.3 is 6.18 Å². The monoisotopic (exact) mass is 339 g/mol. The Labute approximate surface area is 144 Å². The Balaban J connectivity index is 1.66. The SMILES string of the molecule is FC(F)(F)c1ccc(C=Cc2ccc(Nc3ccccc3)cc2)cc1. The molecule has 1 nitrogen and oxygen atoms in total. The smallest absolute Gasteiger partial charge is 0.356 e. The molecule has 0 saturated carbocycles. The number of hydrogen-bond acceptors (Lipinski definition) is 1. The van der Waals surface area contributed by atoms with Gasteiger partial charge in [-0.3, -0.25) is 0 Å². The average Bonchev–Trinajstić information content (AvgIpc) is 2.62. The molecule has 0 saturated heterocycles. The quantitative estimate of drug-likeness (QED) is 0.527. The van der Waals surface area contributed by atoms with Crippen LogP contribution in [-0.4, -0.2) is 0 Å². The van der Waals surface area contributed by atoms with Gasteiger partial charge in [0.2, 0.25) is 0 Å². The fourth-order valence-corrected chi connectivity index (χ4v) is 2.34. The third-order valence-electron chi connectivity index (χ3n) is 3.68. The van der Waals surface area contributed by atoms with E-state index in [4.69, 9.17) is 0 Å². The number of rotatable bonds is 4. The topological polar surface area (TPSA) is 12.0 Å². The molecule has 3 aromatic rings. The van der Waals surface area contributed by atoms with Crippen LogP contribution < -0.4 is 5.32 Å². The molecular weight excluding hydrogens is 323 g/mol. The molecule has 126 valence electrons. The number of halogens is 3. The molecule has 25 heavy (non-hydrogen) atoms. The third-order valence-corrected chi connectivity index (χ3v) is 3.68. The van der Waals surface area contributed by atoms with Gasteiger partial charge in [-0.15, -0.1) is 0 Å². The van der Waals surface area contributed by atoms with Crippen molar-refractivity contribution in [2.24, 2.45) is 0 Å². The first-order valence-electron chi connectivity index (χ1n) is 7.78. The van der Waals surface area contributed by atoms with Crippen LogP contribution in [0.4, 0.5) is 24.5 Å². The first-order valence-corrected chi connectivity index (χ1v) is 7.78. The fraction of sp³-hybridized carbons (Fsp3) is 0.0476. The first-order chi connectivity index (χ1) is 12.0. The largest absolute Gasteiger partial charge is 0.416 e. The lowest BCUT2D eigenvalue weighted by Crippen LogP contribution is -2.03. The Hall–Kier alpha value is -3.01. The second-order valence-corrected chi connectivity index (χ2v) is 5.57. The second kappa shape index (κ2) is 7.26. The highest BCUT2D eigenvalue weighted by molar-refractivity contribution is 5.71. The molecule has 0 bridgehead atoms. The zero-order valence-corrected chi connectivity index (χ0v) is 13.3. The van der Waals surface area contributed by atoms with Crippen molar-refractivity contribution in [3.8, 4) is 0 Å². The van der Waals surface area contributed by atoms with Crippen molar-refractivity contribution in [2.45, 2.75) is 6.18 Å². The van der Waals surface area contributed by atoms with Gasteiger partial charge in [0.15, 0.2) is 0 Å². The Morgan fingerprint density at radius 2 is 1.08 bits per heavy atom. The van der Waals surface area contributed by atoms with Crippen LogP contribution >= 0.6 is 0 Å². The predicted octanol–water partition coefficient (Wildman–Crippen LogP) is 6.62. The number of hydrogen-bond donors (Lipinski definition) is 1. The van der Waals surface area contributed by atoms with E-state index < -0.39 is 11.7 Å². The molecule has 0 aliphatic rings. The van der Waals surface area contributed by atoms with Crippen molar-refractivity contribution in [3.63, 3.8) is 0 Å². The minimum atomic E-state index is -4.30. The maximum Gasteiger partial charge on any atom is 0.416 e. The summed E-state index contributed by atoms with van der Waals surface area (Å²) < 4.78 is 37.6. The molecule has 0 aromatic heterocycles. The van der Waals surface area contributed by atoms with Crippen molar-refractivity contribution in [3.05, 3.63) is 95.6 Å². The third kappa shape index (κ3) is 4.73. The van der Waals surface area contributed by atoms with Crippen molar-refractivity contribution in [2.75, 3.05) is 5.32 Å². The van der Waals surface area contributed by atoms with Crippen LogP contribution in [0.15, 0.2) is 78.9 Å². The zero-order chi connectivity index (χ0) is 17.7. The molecular formula is C21H16F3N. The predicted molar refractivity (Wildman–Crippen MR) is 96.5 cm³/mol. The number of alkyl halides is 3. The minimum Gasteiger partial charge on any atom is -0.356 e. The average molecular weight is 339 g/mol. The van der Waals surface area contributed by atoms with Crippen LogP contribution in [0.25, 0.3) is 12.2 Å². The van der Waals surface area contributed by atoms with Crippen LogP contribution in [0, 0.1) is 0 Å². The van der Waals surface area contributed by atoms with E-state index in [0.29, 0.717) is 0 Å². The highest BCUT2D eigenvalue weighted by atomic mass is 19.4. The molecule has 1 N–H and O–H groups in total. The van der Waals surface area contributed by atoms with E-state index >= 15 is 0 Å². The summed E-state index contributed by atoms with van der Waals surface area (Å²) in [5.41, 5.74) is 3.03. The molecule has 4 heteroatoms. The second-order valence-electron chi connectivity index (χ2n) is 5.57. The van der Waals surface area contributed by atoms with E-state index in [0.717, 1.165) is 34.6 Å². The molecule has 0 aliphatic heterocycles. The molecule has 0 spiro atoms. The maximum atomic E-state index is 12.5. The van der Waals surface area contributed by atoms with Crippen LogP contribution in [0.3, 0.4) is 0 Å². The van der Waals surface area contributed by atoms with E-state index in [1.165, 1.54) is 12.1 Å². The van der Waals surface area contributed by atoms with Crippen LogP contribution in [-0.2, 0) is 6.18 Å². The highest BCUT2D eigenvalue weighted by Gasteiger charge is 2.29. The number of nitrogens with one attached hydrogen (secondary N) is 1. The van der Waals surface area contributed by atoms with Crippen molar-refractivity contribution in [1.82, 2.24) is 0 Å². The Morgan fingerprint density at radius 1 is 0.600 bits per heavy atom. The Kier molecular flexibility index (Phi) is 4.89. The maximum absolute atomic E-state index is 12.5. The summed E-state index contributed by atoms with van der Waals surface area (Å²) in [6, 6.07) is 22.8. The fourth-order valence-electron chi connectivity index (χ4n) is 2.34. The molecule has 0 unspecified atom stereocenters.